The molecular formula is C6H10N4. The van der Waals surface area contributed by atoms with Crippen molar-refractivity contribution in [3.8, 4) is 6.19 Å². The maximum Gasteiger partial charge on any atom is 0.207 e. The van der Waals surface area contributed by atoms with E-state index in [9.17, 15) is 0 Å². The molecule has 0 aromatic carbocycles. The molecule has 0 bridgehead atoms. The van der Waals surface area contributed by atoms with Crippen LogP contribution in [0, 0.1) is 11.5 Å². The van der Waals surface area contributed by atoms with Gasteiger partial charge in [-0.15, -0.1) is 0 Å². The Hall–Kier alpha value is -1.08. The van der Waals surface area contributed by atoms with E-state index in [1.54, 1.807) is 12.5 Å². The molecule has 1 rings (SSSR count). The lowest BCUT2D eigenvalue weighted by atomic mass is 10.4. The average Bonchev–Trinajstić information content (AvgIpc) is 2.03. The topological polar surface area (TPSA) is 51.4 Å². The molecule has 0 radical (unpaired) electrons. The van der Waals surface area contributed by atoms with E-state index in [1.807, 2.05) is 4.90 Å². The van der Waals surface area contributed by atoms with E-state index in [4.69, 9.17) is 5.26 Å². The van der Waals surface area contributed by atoms with Crippen molar-refractivity contribution in [2.45, 2.75) is 0 Å². The predicted octanol–water partition coefficient (Wildman–Crippen LogP) is -0.599. The molecule has 0 saturated carbocycles. The highest BCUT2D eigenvalue weighted by molar-refractivity contribution is 5.56. The molecule has 1 heterocycles. The molecule has 1 aliphatic heterocycles. The van der Waals surface area contributed by atoms with Crippen molar-refractivity contribution in [2.75, 3.05) is 26.2 Å². The SMILES string of the molecule is N#CN=CN1CCNCC1. The second-order valence-corrected chi connectivity index (χ2v) is 2.13. The van der Waals surface area contributed by atoms with Crippen LogP contribution in [0.15, 0.2) is 4.99 Å². The van der Waals surface area contributed by atoms with Gasteiger partial charge in [-0.3, -0.25) is 0 Å². The highest BCUT2D eigenvalue weighted by Gasteiger charge is 2.03. The molecule has 4 nitrogen and oxygen atoms in total. The molecule has 0 unspecified atom stereocenters. The van der Waals surface area contributed by atoms with Crippen molar-refractivity contribution in [3.63, 3.8) is 0 Å². The summed E-state index contributed by atoms with van der Waals surface area (Å²) in [6.07, 6.45) is 3.32. The molecule has 0 aliphatic carbocycles. The van der Waals surface area contributed by atoms with Crippen LogP contribution in [-0.2, 0) is 0 Å². The summed E-state index contributed by atoms with van der Waals surface area (Å²) in [5.74, 6) is 0. The monoisotopic (exact) mass is 138 g/mol. The second-order valence-electron chi connectivity index (χ2n) is 2.13. The number of hydrogen-bond donors (Lipinski definition) is 1. The number of rotatable bonds is 1. The highest BCUT2D eigenvalue weighted by atomic mass is 15.2. The zero-order valence-electron chi connectivity index (χ0n) is 5.75. The van der Waals surface area contributed by atoms with Crippen molar-refractivity contribution < 1.29 is 0 Å². The van der Waals surface area contributed by atoms with Crippen molar-refractivity contribution in [1.82, 2.24) is 10.2 Å². The maximum atomic E-state index is 8.11. The summed E-state index contributed by atoms with van der Waals surface area (Å²) < 4.78 is 0. The third-order valence-corrected chi connectivity index (χ3v) is 1.43. The van der Waals surface area contributed by atoms with Crippen LogP contribution in [0.4, 0.5) is 0 Å². The maximum absolute atomic E-state index is 8.11. The largest absolute Gasteiger partial charge is 0.359 e. The summed E-state index contributed by atoms with van der Waals surface area (Å²) in [6.45, 7) is 3.87. The smallest absolute Gasteiger partial charge is 0.207 e. The second kappa shape index (κ2) is 3.85. The zero-order valence-corrected chi connectivity index (χ0v) is 5.75. The van der Waals surface area contributed by atoms with Gasteiger partial charge in [0.2, 0.25) is 6.19 Å². The first-order valence-electron chi connectivity index (χ1n) is 3.30. The molecule has 54 valence electrons. The third-order valence-electron chi connectivity index (χ3n) is 1.43. The zero-order chi connectivity index (χ0) is 7.23. The molecular weight excluding hydrogens is 128 g/mol. The fourth-order valence-corrected chi connectivity index (χ4v) is 0.905. The number of piperazine rings is 1. The Morgan fingerprint density at radius 3 is 2.80 bits per heavy atom. The average molecular weight is 138 g/mol. The normalized spacial score (nSPS) is 19.3. The van der Waals surface area contributed by atoms with Crippen molar-refractivity contribution >= 4 is 6.34 Å². The molecule has 1 saturated heterocycles. The van der Waals surface area contributed by atoms with Crippen molar-refractivity contribution in [3.05, 3.63) is 0 Å². The first kappa shape index (κ1) is 7.03. The third kappa shape index (κ3) is 2.03. The first-order valence-corrected chi connectivity index (χ1v) is 3.30. The van der Waals surface area contributed by atoms with Gasteiger partial charge in [-0.25, -0.2) is 0 Å². The molecule has 1 aliphatic rings. The van der Waals surface area contributed by atoms with Crippen LogP contribution >= 0.6 is 0 Å². The van der Waals surface area contributed by atoms with E-state index in [2.05, 4.69) is 10.3 Å². The molecule has 0 aromatic rings. The molecule has 4 heteroatoms. The van der Waals surface area contributed by atoms with Gasteiger partial charge in [-0.2, -0.15) is 10.3 Å². The minimum absolute atomic E-state index is 0.950. The first-order chi connectivity index (χ1) is 4.93. The van der Waals surface area contributed by atoms with Gasteiger partial charge in [0.15, 0.2) is 0 Å². The number of nitrogens with zero attached hydrogens (tertiary/aromatic N) is 3. The number of nitriles is 1. The molecule has 0 spiro atoms. The lowest BCUT2D eigenvalue weighted by Crippen LogP contribution is -2.42. The minimum atomic E-state index is 0.950. The quantitative estimate of drug-likeness (QED) is 0.299. The summed E-state index contributed by atoms with van der Waals surface area (Å²) in [5, 5.41) is 11.3. The standard InChI is InChI=1S/C6H10N4/c7-5-9-6-10-3-1-8-2-4-10/h6,8H,1-4H2. The van der Waals surface area contributed by atoms with E-state index >= 15 is 0 Å². The van der Waals surface area contributed by atoms with Crippen molar-refractivity contribution in [1.29, 1.82) is 5.26 Å². The molecule has 0 atom stereocenters. The molecule has 0 aromatic heterocycles. The number of aliphatic imine (C=N–C) groups is 1. The Labute approximate surface area is 60.2 Å². The number of nitrogens with one attached hydrogen (secondary N) is 1. The highest BCUT2D eigenvalue weighted by Crippen LogP contribution is 1.86. The summed E-state index contributed by atoms with van der Waals surface area (Å²) in [6, 6.07) is 0. The van der Waals surface area contributed by atoms with Gasteiger partial charge >= 0.3 is 0 Å². The lowest BCUT2D eigenvalue weighted by Gasteiger charge is -2.24. The Kier molecular flexibility index (Phi) is 2.71. The van der Waals surface area contributed by atoms with Gasteiger partial charge in [0.25, 0.3) is 0 Å². The van der Waals surface area contributed by atoms with Crippen LogP contribution in [-0.4, -0.2) is 37.4 Å². The Bertz CT molecular complexity index is 152. The predicted molar refractivity (Wildman–Crippen MR) is 38.5 cm³/mol. The van der Waals surface area contributed by atoms with Crippen LogP contribution < -0.4 is 5.32 Å². The Morgan fingerprint density at radius 1 is 1.50 bits per heavy atom. The van der Waals surface area contributed by atoms with Crippen LogP contribution in [0.1, 0.15) is 0 Å². The van der Waals surface area contributed by atoms with Gasteiger partial charge in [-0.05, 0) is 0 Å². The van der Waals surface area contributed by atoms with E-state index in [0.717, 1.165) is 26.2 Å². The summed E-state index contributed by atoms with van der Waals surface area (Å²) in [4.78, 5) is 5.50. The van der Waals surface area contributed by atoms with Gasteiger partial charge in [0, 0.05) is 26.2 Å². The van der Waals surface area contributed by atoms with E-state index in [0.29, 0.717) is 0 Å². The summed E-state index contributed by atoms with van der Waals surface area (Å²) in [7, 11) is 0. The van der Waals surface area contributed by atoms with E-state index in [1.165, 1.54) is 0 Å². The lowest BCUT2D eigenvalue weighted by molar-refractivity contribution is 0.366. The Morgan fingerprint density at radius 2 is 2.20 bits per heavy atom. The van der Waals surface area contributed by atoms with Gasteiger partial charge in [-0.1, -0.05) is 0 Å². The molecule has 10 heavy (non-hydrogen) atoms. The van der Waals surface area contributed by atoms with Crippen LogP contribution in [0.3, 0.4) is 0 Å². The van der Waals surface area contributed by atoms with Gasteiger partial charge in [0.05, 0.1) is 0 Å². The molecule has 1 N–H and O–H groups in total. The van der Waals surface area contributed by atoms with Gasteiger partial charge in [0.1, 0.15) is 6.34 Å². The molecule has 0 amide bonds. The fraction of sp³-hybridized carbons (Fsp3) is 0.667. The Balaban J connectivity index is 2.27. The van der Waals surface area contributed by atoms with Crippen molar-refractivity contribution in [2.24, 2.45) is 4.99 Å². The summed E-state index contributed by atoms with van der Waals surface area (Å²) >= 11 is 0. The van der Waals surface area contributed by atoms with Gasteiger partial charge < -0.3 is 10.2 Å². The van der Waals surface area contributed by atoms with E-state index < -0.39 is 0 Å². The summed E-state index contributed by atoms with van der Waals surface area (Å²) in [5.41, 5.74) is 0. The van der Waals surface area contributed by atoms with E-state index in [-0.39, 0.29) is 0 Å². The fourth-order valence-electron chi connectivity index (χ4n) is 0.905. The van der Waals surface area contributed by atoms with Crippen LogP contribution in [0.25, 0.3) is 0 Å². The number of hydrogen-bond acceptors (Lipinski definition) is 3. The van der Waals surface area contributed by atoms with Crippen LogP contribution in [0.2, 0.25) is 0 Å². The van der Waals surface area contributed by atoms with Crippen LogP contribution in [0.5, 0.6) is 0 Å². The molecule has 1 fully saturated rings. The minimum Gasteiger partial charge on any atom is -0.359 e.